The first-order chi connectivity index (χ1) is 6.43. The standard InChI is InChI=1S/C12H21N/c1-2-10-13-11-6-4-3-5-7-12-8-9-12/h12-13H,2,4,6-11H2,1H3. The molecule has 1 rings (SSSR count). The van der Waals surface area contributed by atoms with Crippen molar-refractivity contribution in [2.24, 2.45) is 5.92 Å². The zero-order chi connectivity index (χ0) is 9.36. The Kier molecular flexibility index (Phi) is 5.69. The maximum absolute atomic E-state index is 3.38. The number of hydrogen-bond acceptors (Lipinski definition) is 1. The van der Waals surface area contributed by atoms with Gasteiger partial charge in [-0.05, 0) is 44.7 Å². The molecule has 13 heavy (non-hydrogen) atoms. The van der Waals surface area contributed by atoms with Gasteiger partial charge in [-0.3, -0.25) is 0 Å². The molecule has 1 aliphatic carbocycles. The average Bonchev–Trinajstić information content (AvgIpc) is 2.93. The summed E-state index contributed by atoms with van der Waals surface area (Å²) in [5.41, 5.74) is 0. The van der Waals surface area contributed by atoms with Crippen molar-refractivity contribution in [3.05, 3.63) is 0 Å². The van der Waals surface area contributed by atoms with Crippen molar-refractivity contribution >= 4 is 0 Å². The maximum atomic E-state index is 3.38. The van der Waals surface area contributed by atoms with Gasteiger partial charge in [0.1, 0.15) is 0 Å². The van der Waals surface area contributed by atoms with E-state index < -0.39 is 0 Å². The third-order valence-electron chi connectivity index (χ3n) is 2.29. The van der Waals surface area contributed by atoms with Crippen LogP contribution < -0.4 is 5.32 Å². The van der Waals surface area contributed by atoms with Gasteiger partial charge in [0.25, 0.3) is 0 Å². The Bertz CT molecular complexity index is 171. The highest BCUT2D eigenvalue weighted by atomic mass is 14.8. The fourth-order valence-corrected chi connectivity index (χ4v) is 1.23. The molecule has 0 heterocycles. The molecule has 74 valence electrons. The Hall–Kier alpha value is -0.480. The molecule has 1 nitrogen and oxygen atoms in total. The predicted octanol–water partition coefficient (Wildman–Crippen LogP) is 2.57. The molecule has 1 heteroatoms. The van der Waals surface area contributed by atoms with E-state index in [1.54, 1.807) is 0 Å². The maximum Gasteiger partial charge on any atom is 0.0117 e. The van der Waals surface area contributed by atoms with E-state index in [-0.39, 0.29) is 0 Å². The van der Waals surface area contributed by atoms with Crippen molar-refractivity contribution < 1.29 is 0 Å². The van der Waals surface area contributed by atoms with Crippen LogP contribution in [0.4, 0.5) is 0 Å². The van der Waals surface area contributed by atoms with Crippen LogP contribution in [0.15, 0.2) is 0 Å². The van der Waals surface area contributed by atoms with Crippen molar-refractivity contribution in [2.75, 3.05) is 13.1 Å². The van der Waals surface area contributed by atoms with Crippen molar-refractivity contribution in [1.29, 1.82) is 0 Å². The lowest BCUT2D eigenvalue weighted by Gasteiger charge is -1.98. The first-order valence-corrected chi connectivity index (χ1v) is 5.60. The van der Waals surface area contributed by atoms with E-state index >= 15 is 0 Å². The van der Waals surface area contributed by atoms with Crippen LogP contribution in [0.1, 0.15) is 45.4 Å². The summed E-state index contributed by atoms with van der Waals surface area (Å²) in [5.74, 6) is 7.47. The molecular formula is C12H21N. The number of nitrogens with one attached hydrogen (secondary N) is 1. The molecular weight excluding hydrogens is 158 g/mol. The molecule has 0 aromatic heterocycles. The molecule has 0 spiro atoms. The second-order valence-corrected chi connectivity index (χ2v) is 3.85. The average molecular weight is 179 g/mol. The lowest BCUT2D eigenvalue weighted by Crippen LogP contribution is -2.15. The molecule has 1 N–H and O–H groups in total. The first kappa shape index (κ1) is 10.6. The zero-order valence-corrected chi connectivity index (χ0v) is 8.73. The summed E-state index contributed by atoms with van der Waals surface area (Å²) in [7, 11) is 0. The van der Waals surface area contributed by atoms with Crippen LogP contribution in [0.5, 0.6) is 0 Å². The Labute approximate surface area is 82.3 Å². The normalized spacial score (nSPS) is 15.2. The minimum Gasteiger partial charge on any atom is -0.317 e. The van der Waals surface area contributed by atoms with Gasteiger partial charge in [0.15, 0.2) is 0 Å². The Morgan fingerprint density at radius 1 is 1.23 bits per heavy atom. The predicted molar refractivity (Wildman–Crippen MR) is 57.5 cm³/mol. The molecule has 0 saturated heterocycles. The summed E-state index contributed by atoms with van der Waals surface area (Å²) in [6, 6.07) is 0. The fraction of sp³-hybridized carbons (Fsp3) is 0.833. The smallest absolute Gasteiger partial charge is 0.0117 e. The summed E-state index contributed by atoms with van der Waals surface area (Å²) < 4.78 is 0. The highest BCUT2D eigenvalue weighted by Crippen LogP contribution is 2.31. The quantitative estimate of drug-likeness (QED) is 0.488. The summed E-state index contributed by atoms with van der Waals surface area (Å²) in [4.78, 5) is 0. The van der Waals surface area contributed by atoms with E-state index in [9.17, 15) is 0 Å². The van der Waals surface area contributed by atoms with Crippen LogP contribution in [-0.4, -0.2) is 13.1 Å². The van der Waals surface area contributed by atoms with Gasteiger partial charge in [-0.15, -0.1) is 11.8 Å². The van der Waals surface area contributed by atoms with Crippen molar-refractivity contribution in [1.82, 2.24) is 5.32 Å². The van der Waals surface area contributed by atoms with Gasteiger partial charge >= 0.3 is 0 Å². The van der Waals surface area contributed by atoms with E-state index in [4.69, 9.17) is 0 Å². The van der Waals surface area contributed by atoms with Gasteiger partial charge in [-0.2, -0.15) is 0 Å². The molecule has 0 atom stereocenters. The summed E-state index contributed by atoms with van der Waals surface area (Å²) in [5, 5.41) is 3.38. The van der Waals surface area contributed by atoms with Crippen LogP contribution in [0, 0.1) is 17.8 Å². The summed E-state index contributed by atoms with van der Waals surface area (Å²) in [6.45, 7) is 4.48. The van der Waals surface area contributed by atoms with Crippen molar-refractivity contribution in [3.8, 4) is 11.8 Å². The Morgan fingerprint density at radius 2 is 2.08 bits per heavy atom. The van der Waals surface area contributed by atoms with E-state index in [1.165, 1.54) is 25.7 Å². The second kappa shape index (κ2) is 6.97. The molecule has 1 fully saturated rings. The van der Waals surface area contributed by atoms with Crippen LogP contribution >= 0.6 is 0 Å². The lowest BCUT2D eigenvalue weighted by molar-refractivity contribution is 0.648. The van der Waals surface area contributed by atoms with Crippen molar-refractivity contribution in [2.45, 2.75) is 45.4 Å². The molecule has 0 amide bonds. The largest absolute Gasteiger partial charge is 0.317 e. The summed E-state index contributed by atoms with van der Waals surface area (Å²) >= 11 is 0. The highest BCUT2D eigenvalue weighted by molar-refractivity contribution is 5.01. The van der Waals surface area contributed by atoms with Crippen LogP contribution in [0.3, 0.4) is 0 Å². The van der Waals surface area contributed by atoms with Crippen LogP contribution in [0.25, 0.3) is 0 Å². The van der Waals surface area contributed by atoms with Crippen molar-refractivity contribution in [3.63, 3.8) is 0 Å². The Morgan fingerprint density at radius 3 is 2.77 bits per heavy atom. The Balaban J connectivity index is 1.78. The molecule has 0 aromatic carbocycles. The SMILES string of the molecule is CCCNCCCC#CCC1CC1. The highest BCUT2D eigenvalue weighted by Gasteiger charge is 2.19. The minimum atomic E-state index is 0.964. The zero-order valence-electron chi connectivity index (χ0n) is 8.73. The monoisotopic (exact) mass is 179 g/mol. The molecule has 0 bridgehead atoms. The molecule has 1 saturated carbocycles. The summed E-state index contributed by atoms with van der Waals surface area (Å²) in [6.07, 6.45) is 7.51. The van der Waals surface area contributed by atoms with Gasteiger partial charge < -0.3 is 5.32 Å². The fourth-order valence-electron chi connectivity index (χ4n) is 1.23. The van der Waals surface area contributed by atoms with Gasteiger partial charge in [-0.1, -0.05) is 6.92 Å². The van der Waals surface area contributed by atoms with Gasteiger partial charge in [0.05, 0.1) is 0 Å². The van der Waals surface area contributed by atoms with E-state index in [2.05, 4.69) is 24.1 Å². The minimum absolute atomic E-state index is 0.964. The molecule has 0 aromatic rings. The number of rotatable bonds is 6. The third-order valence-corrected chi connectivity index (χ3v) is 2.29. The topological polar surface area (TPSA) is 12.0 Å². The van der Waals surface area contributed by atoms with Gasteiger partial charge in [0, 0.05) is 12.8 Å². The lowest BCUT2D eigenvalue weighted by atomic mass is 10.2. The molecule has 0 aliphatic heterocycles. The molecule has 0 radical (unpaired) electrons. The first-order valence-electron chi connectivity index (χ1n) is 5.60. The molecule has 0 unspecified atom stereocenters. The van der Waals surface area contributed by atoms with E-state index in [0.29, 0.717) is 0 Å². The number of hydrogen-bond donors (Lipinski definition) is 1. The second-order valence-electron chi connectivity index (χ2n) is 3.85. The number of unbranched alkanes of at least 4 members (excludes halogenated alkanes) is 1. The molecule has 1 aliphatic rings. The van der Waals surface area contributed by atoms with E-state index in [1.807, 2.05) is 0 Å². The third kappa shape index (κ3) is 6.66. The van der Waals surface area contributed by atoms with Crippen LogP contribution in [-0.2, 0) is 0 Å². The van der Waals surface area contributed by atoms with Crippen LogP contribution in [0.2, 0.25) is 0 Å². The van der Waals surface area contributed by atoms with E-state index in [0.717, 1.165) is 31.8 Å². The van der Waals surface area contributed by atoms with Gasteiger partial charge in [-0.25, -0.2) is 0 Å². The van der Waals surface area contributed by atoms with Gasteiger partial charge in [0.2, 0.25) is 0 Å².